The van der Waals surface area contributed by atoms with E-state index in [0.29, 0.717) is 33.5 Å². The van der Waals surface area contributed by atoms with Crippen molar-refractivity contribution in [1.29, 1.82) is 0 Å². The average Bonchev–Trinajstić information content (AvgIpc) is 3.19. The Morgan fingerprint density at radius 2 is 2.04 bits per heavy atom. The molecule has 146 valence electrons. The second kappa shape index (κ2) is 8.95. The Labute approximate surface area is 168 Å². The number of hydrogen-bond donors (Lipinski definition) is 2. The number of benzene rings is 2. The molecule has 0 bridgehead atoms. The number of aliphatic hydroxyl groups is 1. The first-order chi connectivity index (χ1) is 13.5. The third-order valence-corrected chi connectivity index (χ3v) is 4.65. The molecular formula is C22H22ClNO4. The maximum absolute atomic E-state index is 12.7. The highest BCUT2D eigenvalue weighted by molar-refractivity contribution is 6.34. The highest BCUT2D eigenvalue weighted by Crippen LogP contribution is 2.30. The Balaban J connectivity index is 1.80. The van der Waals surface area contributed by atoms with Crippen molar-refractivity contribution >= 4 is 23.2 Å². The maximum Gasteiger partial charge on any atom is 0.255 e. The minimum absolute atomic E-state index is 0.0709. The van der Waals surface area contributed by atoms with Gasteiger partial charge in [-0.25, -0.2) is 0 Å². The third-order valence-electron chi connectivity index (χ3n) is 4.32. The smallest absolute Gasteiger partial charge is 0.255 e. The van der Waals surface area contributed by atoms with E-state index in [1.165, 1.54) is 0 Å². The average molecular weight is 400 g/mol. The number of carbonyl (C=O) groups excluding carboxylic acids is 1. The predicted molar refractivity (Wildman–Crippen MR) is 110 cm³/mol. The fourth-order valence-corrected chi connectivity index (χ4v) is 2.78. The number of ether oxygens (including phenoxy) is 1. The van der Waals surface area contributed by atoms with E-state index >= 15 is 0 Å². The summed E-state index contributed by atoms with van der Waals surface area (Å²) in [5, 5.41) is 12.4. The van der Waals surface area contributed by atoms with Crippen LogP contribution in [0.5, 0.6) is 5.75 Å². The summed E-state index contributed by atoms with van der Waals surface area (Å²) < 4.78 is 11.3. The number of rotatable bonds is 7. The lowest BCUT2D eigenvalue weighted by atomic mass is 10.1. The highest BCUT2D eigenvalue weighted by Gasteiger charge is 2.13. The molecular weight excluding hydrogens is 378 g/mol. The molecule has 3 aromatic rings. The number of nitrogens with one attached hydrogen (secondary N) is 1. The molecule has 0 radical (unpaired) electrons. The first-order valence-corrected chi connectivity index (χ1v) is 9.45. The van der Waals surface area contributed by atoms with Crippen LogP contribution in [0.1, 0.15) is 36.4 Å². The van der Waals surface area contributed by atoms with Gasteiger partial charge in [0.25, 0.3) is 5.91 Å². The monoisotopic (exact) mass is 399 g/mol. The molecule has 0 aliphatic heterocycles. The van der Waals surface area contributed by atoms with Gasteiger partial charge in [-0.15, -0.1) is 0 Å². The van der Waals surface area contributed by atoms with Crippen LogP contribution in [-0.4, -0.2) is 17.1 Å². The summed E-state index contributed by atoms with van der Waals surface area (Å²) in [6.07, 6.45) is 0.949. The van der Waals surface area contributed by atoms with Crippen LogP contribution >= 0.6 is 11.6 Å². The van der Waals surface area contributed by atoms with Gasteiger partial charge >= 0.3 is 0 Å². The van der Waals surface area contributed by atoms with Crippen LogP contribution in [0.25, 0.3) is 11.3 Å². The quantitative estimate of drug-likeness (QED) is 0.548. The highest BCUT2D eigenvalue weighted by atomic mass is 35.5. The molecule has 1 atom stereocenters. The van der Waals surface area contributed by atoms with Crippen molar-refractivity contribution in [2.24, 2.45) is 0 Å². The second-order valence-corrected chi connectivity index (χ2v) is 6.84. The Bertz CT molecular complexity index is 967. The molecule has 2 aromatic carbocycles. The van der Waals surface area contributed by atoms with Gasteiger partial charge in [0, 0.05) is 11.1 Å². The van der Waals surface area contributed by atoms with Crippen molar-refractivity contribution < 1.29 is 19.1 Å². The van der Waals surface area contributed by atoms with Crippen molar-refractivity contribution in [3.05, 3.63) is 70.9 Å². The van der Waals surface area contributed by atoms with E-state index in [1.54, 1.807) is 48.5 Å². The van der Waals surface area contributed by atoms with Crippen molar-refractivity contribution in [2.75, 3.05) is 5.32 Å². The van der Waals surface area contributed by atoms with Crippen LogP contribution in [0, 0.1) is 0 Å². The molecule has 2 N–H and O–H groups in total. The van der Waals surface area contributed by atoms with E-state index in [-0.39, 0.29) is 18.6 Å². The number of hydrogen-bond acceptors (Lipinski definition) is 4. The van der Waals surface area contributed by atoms with E-state index in [1.807, 2.05) is 19.9 Å². The van der Waals surface area contributed by atoms with E-state index in [2.05, 4.69) is 5.32 Å². The maximum atomic E-state index is 12.7. The number of carbonyl (C=O) groups is 1. The van der Waals surface area contributed by atoms with Crippen LogP contribution < -0.4 is 10.1 Å². The first-order valence-electron chi connectivity index (χ1n) is 9.07. The van der Waals surface area contributed by atoms with Gasteiger partial charge in [0.15, 0.2) is 0 Å². The Morgan fingerprint density at radius 1 is 1.21 bits per heavy atom. The van der Waals surface area contributed by atoms with Gasteiger partial charge in [0.2, 0.25) is 0 Å². The lowest BCUT2D eigenvalue weighted by Crippen LogP contribution is -2.14. The molecule has 0 saturated carbocycles. The second-order valence-electron chi connectivity index (χ2n) is 6.44. The molecule has 28 heavy (non-hydrogen) atoms. The Kier molecular flexibility index (Phi) is 6.39. The molecule has 1 heterocycles. The lowest BCUT2D eigenvalue weighted by molar-refractivity contribution is 0.102. The summed E-state index contributed by atoms with van der Waals surface area (Å²) in [4.78, 5) is 12.7. The summed E-state index contributed by atoms with van der Waals surface area (Å²) in [5.41, 5.74) is 1.69. The Morgan fingerprint density at radius 3 is 2.75 bits per heavy atom. The number of anilines is 1. The zero-order chi connectivity index (χ0) is 20.1. The van der Waals surface area contributed by atoms with E-state index in [0.717, 1.165) is 12.0 Å². The SMILES string of the molecule is CCC(C)Oc1cccc(C(=O)Nc2cc(-c3ccc(CO)o3)ccc2Cl)c1. The summed E-state index contributed by atoms with van der Waals surface area (Å²) in [6, 6.07) is 15.7. The number of amides is 1. The fourth-order valence-electron chi connectivity index (χ4n) is 2.61. The fraction of sp³-hybridized carbons (Fsp3) is 0.227. The molecule has 6 heteroatoms. The Hall–Kier alpha value is -2.76. The van der Waals surface area contributed by atoms with Gasteiger partial charge in [-0.3, -0.25) is 4.79 Å². The molecule has 0 aliphatic carbocycles. The summed E-state index contributed by atoms with van der Waals surface area (Å²) in [5.74, 6) is 1.41. The molecule has 0 aliphatic rings. The molecule has 0 saturated heterocycles. The summed E-state index contributed by atoms with van der Waals surface area (Å²) in [7, 11) is 0. The van der Waals surface area contributed by atoms with Crippen molar-refractivity contribution in [3.8, 4) is 17.1 Å². The van der Waals surface area contributed by atoms with Crippen molar-refractivity contribution in [3.63, 3.8) is 0 Å². The first kappa shape index (κ1) is 20.0. The van der Waals surface area contributed by atoms with Gasteiger partial charge < -0.3 is 19.6 Å². The standard InChI is InChI=1S/C22H22ClNO4/c1-3-14(2)27-17-6-4-5-16(11-17)22(26)24-20-12-15(7-9-19(20)23)21-10-8-18(13-25)28-21/h4-12,14,25H,3,13H2,1-2H3,(H,24,26). The topological polar surface area (TPSA) is 71.7 Å². The van der Waals surface area contributed by atoms with Crippen molar-refractivity contribution in [2.45, 2.75) is 33.0 Å². The molecule has 1 unspecified atom stereocenters. The van der Waals surface area contributed by atoms with Gasteiger partial charge in [0.05, 0.1) is 16.8 Å². The zero-order valence-electron chi connectivity index (χ0n) is 15.7. The van der Waals surface area contributed by atoms with E-state index in [4.69, 9.17) is 25.9 Å². The van der Waals surface area contributed by atoms with Gasteiger partial charge in [-0.1, -0.05) is 24.6 Å². The minimum Gasteiger partial charge on any atom is -0.491 e. The zero-order valence-corrected chi connectivity index (χ0v) is 16.5. The normalized spacial score (nSPS) is 11.9. The molecule has 5 nitrogen and oxygen atoms in total. The van der Waals surface area contributed by atoms with Crippen LogP contribution in [0.4, 0.5) is 5.69 Å². The largest absolute Gasteiger partial charge is 0.491 e. The number of halogens is 1. The molecule has 0 fully saturated rings. The third kappa shape index (κ3) is 4.74. The van der Waals surface area contributed by atoms with Crippen LogP contribution in [0.2, 0.25) is 5.02 Å². The van der Waals surface area contributed by atoms with Crippen LogP contribution in [-0.2, 0) is 6.61 Å². The lowest BCUT2D eigenvalue weighted by Gasteiger charge is -2.14. The van der Waals surface area contributed by atoms with Gasteiger partial charge in [0.1, 0.15) is 23.9 Å². The van der Waals surface area contributed by atoms with Gasteiger partial charge in [-0.05, 0) is 61.9 Å². The van der Waals surface area contributed by atoms with E-state index < -0.39 is 0 Å². The summed E-state index contributed by atoms with van der Waals surface area (Å²) in [6.45, 7) is 3.85. The van der Waals surface area contributed by atoms with E-state index in [9.17, 15) is 4.79 Å². The van der Waals surface area contributed by atoms with Crippen LogP contribution in [0.3, 0.4) is 0 Å². The predicted octanol–water partition coefficient (Wildman–Crippen LogP) is 5.52. The number of furan rings is 1. The molecule has 3 rings (SSSR count). The van der Waals surface area contributed by atoms with Crippen LogP contribution in [0.15, 0.2) is 59.0 Å². The minimum atomic E-state index is -0.288. The summed E-state index contributed by atoms with van der Waals surface area (Å²) >= 11 is 6.26. The van der Waals surface area contributed by atoms with Gasteiger partial charge in [-0.2, -0.15) is 0 Å². The number of aliphatic hydroxyl groups excluding tert-OH is 1. The molecule has 1 amide bonds. The van der Waals surface area contributed by atoms with Crippen molar-refractivity contribution in [1.82, 2.24) is 0 Å². The molecule has 0 spiro atoms. The molecule has 1 aromatic heterocycles.